The van der Waals surface area contributed by atoms with Gasteiger partial charge in [0.1, 0.15) is 17.4 Å². The predicted molar refractivity (Wildman–Crippen MR) is 102 cm³/mol. The molecule has 6 nitrogen and oxygen atoms in total. The van der Waals surface area contributed by atoms with Crippen LogP contribution in [-0.2, 0) is 6.42 Å². The number of ether oxygens (including phenoxy) is 1. The standard InChI is InChI=1S/C20H19FN4O2/c1-27-17-7-2-4-14(12-17)10-11-22-19-9-8-18(24-25-19)20(26)23-16-6-3-5-15(21)13-16/h2-9,12-13H,10-11H2,1H3,(H,22,25)(H,23,26). The molecule has 0 unspecified atom stereocenters. The largest absolute Gasteiger partial charge is 0.497 e. The molecule has 0 bridgehead atoms. The van der Waals surface area contributed by atoms with E-state index in [1.54, 1.807) is 25.3 Å². The molecule has 2 aromatic carbocycles. The van der Waals surface area contributed by atoms with Gasteiger partial charge in [-0.1, -0.05) is 18.2 Å². The monoisotopic (exact) mass is 366 g/mol. The van der Waals surface area contributed by atoms with Crippen LogP contribution in [-0.4, -0.2) is 29.8 Å². The fourth-order valence-electron chi connectivity index (χ4n) is 2.47. The van der Waals surface area contributed by atoms with E-state index in [1.165, 1.54) is 18.2 Å². The molecular weight excluding hydrogens is 347 g/mol. The van der Waals surface area contributed by atoms with Gasteiger partial charge < -0.3 is 15.4 Å². The number of nitrogens with zero attached hydrogens (tertiary/aromatic N) is 2. The third kappa shape index (κ3) is 5.24. The lowest BCUT2D eigenvalue weighted by molar-refractivity contribution is 0.102. The first-order valence-electron chi connectivity index (χ1n) is 8.41. The first-order chi connectivity index (χ1) is 13.1. The highest BCUT2D eigenvalue weighted by atomic mass is 19.1. The number of benzene rings is 2. The molecule has 0 aliphatic rings. The smallest absolute Gasteiger partial charge is 0.276 e. The van der Waals surface area contributed by atoms with E-state index in [-0.39, 0.29) is 5.69 Å². The summed E-state index contributed by atoms with van der Waals surface area (Å²) in [6, 6.07) is 16.8. The van der Waals surface area contributed by atoms with Gasteiger partial charge in [-0.25, -0.2) is 4.39 Å². The number of rotatable bonds is 7. The van der Waals surface area contributed by atoms with E-state index in [4.69, 9.17) is 4.74 Å². The van der Waals surface area contributed by atoms with Gasteiger partial charge in [0, 0.05) is 12.2 Å². The molecule has 0 aliphatic heterocycles. The maximum atomic E-state index is 13.2. The third-order valence-corrected chi connectivity index (χ3v) is 3.83. The highest BCUT2D eigenvalue weighted by Crippen LogP contribution is 2.13. The number of carbonyl (C=O) groups is 1. The van der Waals surface area contributed by atoms with Crippen molar-refractivity contribution in [3.05, 3.63) is 77.7 Å². The van der Waals surface area contributed by atoms with E-state index in [0.29, 0.717) is 18.1 Å². The van der Waals surface area contributed by atoms with Crippen LogP contribution >= 0.6 is 0 Å². The summed E-state index contributed by atoms with van der Waals surface area (Å²) in [6.07, 6.45) is 0.792. The Hall–Kier alpha value is -3.48. The van der Waals surface area contributed by atoms with Gasteiger partial charge in [-0.3, -0.25) is 4.79 Å². The van der Waals surface area contributed by atoms with E-state index in [1.807, 2.05) is 24.3 Å². The van der Waals surface area contributed by atoms with Crippen LogP contribution in [0.15, 0.2) is 60.7 Å². The lowest BCUT2D eigenvalue weighted by atomic mass is 10.1. The maximum Gasteiger partial charge on any atom is 0.276 e. The van der Waals surface area contributed by atoms with Crippen molar-refractivity contribution in [2.75, 3.05) is 24.3 Å². The second-order valence-electron chi connectivity index (χ2n) is 5.80. The van der Waals surface area contributed by atoms with Gasteiger partial charge >= 0.3 is 0 Å². The summed E-state index contributed by atoms with van der Waals surface area (Å²) < 4.78 is 18.4. The molecule has 1 aromatic heterocycles. The van der Waals surface area contributed by atoms with Crippen molar-refractivity contribution in [2.24, 2.45) is 0 Å². The van der Waals surface area contributed by atoms with Gasteiger partial charge in [-0.2, -0.15) is 0 Å². The summed E-state index contributed by atoms with van der Waals surface area (Å²) in [5.74, 6) is 0.520. The maximum absolute atomic E-state index is 13.2. The highest BCUT2D eigenvalue weighted by Gasteiger charge is 2.09. The summed E-state index contributed by atoms with van der Waals surface area (Å²) in [6.45, 7) is 0.663. The third-order valence-electron chi connectivity index (χ3n) is 3.83. The molecule has 0 fully saturated rings. The molecule has 0 saturated heterocycles. The lowest BCUT2D eigenvalue weighted by Gasteiger charge is -2.07. The van der Waals surface area contributed by atoms with Gasteiger partial charge in [-0.05, 0) is 54.4 Å². The van der Waals surface area contributed by atoms with Crippen LogP contribution < -0.4 is 15.4 Å². The number of hydrogen-bond donors (Lipinski definition) is 2. The Bertz CT molecular complexity index is 916. The zero-order valence-corrected chi connectivity index (χ0v) is 14.8. The minimum atomic E-state index is -0.448. The molecule has 0 saturated carbocycles. The fourth-order valence-corrected chi connectivity index (χ4v) is 2.47. The molecule has 138 valence electrons. The summed E-state index contributed by atoms with van der Waals surface area (Å²) >= 11 is 0. The Labute approximate surface area is 156 Å². The molecule has 3 aromatic rings. The Morgan fingerprint density at radius 1 is 1.07 bits per heavy atom. The van der Waals surface area contributed by atoms with Crippen molar-refractivity contribution in [3.8, 4) is 5.75 Å². The number of carbonyl (C=O) groups excluding carboxylic acids is 1. The van der Waals surface area contributed by atoms with Gasteiger partial charge in [0.25, 0.3) is 5.91 Å². The second kappa shape index (κ2) is 8.75. The normalized spacial score (nSPS) is 10.3. The zero-order valence-electron chi connectivity index (χ0n) is 14.8. The number of anilines is 2. The minimum absolute atomic E-state index is 0.151. The van der Waals surface area contributed by atoms with Crippen LogP contribution in [0.1, 0.15) is 16.1 Å². The number of halogens is 1. The van der Waals surface area contributed by atoms with Crippen molar-refractivity contribution in [1.82, 2.24) is 10.2 Å². The number of hydrogen-bond acceptors (Lipinski definition) is 5. The van der Waals surface area contributed by atoms with Crippen LogP contribution in [0.3, 0.4) is 0 Å². The summed E-state index contributed by atoms with van der Waals surface area (Å²) in [4.78, 5) is 12.1. The van der Waals surface area contributed by atoms with Crippen molar-refractivity contribution >= 4 is 17.4 Å². The quantitative estimate of drug-likeness (QED) is 0.669. The molecule has 0 aliphatic carbocycles. The molecule has 7 heteroatoms. The molecule has 0 atom stereocenters. The van der Waals surface area contributed by atoms with Crippen molar-refractivity contribution < 1.29 is 13.9 Å². The topological polar surface area (TPSA) is 76.1 Å². The Morgan fingerprint density at radius 3 is 2.67 bits per heavy atom. The Kier molecular flexibility index (Phi) is 5.94. The first-order valence-corrected chi connectivity index (χ1v) is 8.41. The van der Waals surface area contributed by atoms with Crippen LogP contribution in [0.25, 0.3) is 0 Å². The lowest BCUT2D eigenvalue weighted by Crippen LogP contribution is -2.15. The molecule has 2 N–H and O–H groups in total. The highest BCUT2D eigenvalue weighted by molar-refractivity contribution is 6.02. The van der Waals surface area contributed by atoms with Gasteiger partial charge in [0.2, 0.25) is 0 Å². The van der Waals surface area contributed by atoms with Crippen molar-refractivity contribution in [3.63, 3.8) is 0 Å². The van der Waals surface area contributed by atoms with E-state index >= 15 is 0 Å². The van der Waals surface area contributed by atoms with Crippen molar-refractivity contribution in [2.45, 2.75) is 6.42 Å². The van der Waals surface area contributed by atoms with Crippen LogP contribution in [0, 0.1) is 5.82 Å². The summed E-state index contributed by atoms with van der Waals surface area (Å²) in [5.41, 5.74) is 1.65. The number of nitrogens with one attached hydrogen (secondary N) is 2. The second-order valence-corrected chi connectivity index (χ2v) is 5.80. The average molecular weight is 366 g/mol. The van der Waals surface area contributed by atoms with Crippen LogP contribution in [0.2, 0.25) is 0 Å². The molecule has 27 heavy (non-hydrogen) atoms. The van der Waals surface area contributed by atoms with Gasteiger partial charge in [0.05, 0.1) is 7.11 Å². The van der Waals surface area contributed by atoms with E-state index in [2.05, 4.69) is 20.8 Å². The Morgan fingerprint density at radius 2 is 1.93 bits per heavy atom. The first kappa shape index (κ1) is 18.3. The van der Waals surface area contributed by atoms with E-state index in [0.717, 1.165) is 17.7 Å². The zero-order chi connectivity index (χ0) is 19.1. The van der Waals surface area contributed by atoms with Crippen molar-refractivity contribution in [1.29, 1.82) is 0 Å². The molecular formula is C20H19FN4O2. The molecule has 3 rings (SSSR count). The summed E-state index contributed by atoms with van der Waals surface area (Å²) in [7, 11) is 1.64. The number of aromatic nitrogens is 2. The fraction of sp³-hybridized carbons (Fsp3) is 0.150. The van der Waals surface area contributed by atoms with Crippen LogP contribution in [0.5, 0.6) is 5.75 Å². The minimum Gasteiger partial charge on any atom is -0.497 e. The predicted octanol–water partition coefficient (Wildman–Crippen LogP) is 3.53. The number of methoxy groups -OCH3 is 1. The van der Waals surface area contributed by atoms with Gasteiger partial charge in [-0.15, -0.1) is 10.2 Å². The SMILES string of the molecule is COc1cccc(CCNc2ccc(C(=O)Nc3cccc(F)c3)nn2)c1. The van der Waals surface area contributed by atoms with Crippen LogP contribution in [0.4, 0.5) is 15.9 Å². The molecule has 0 spiro atoms. The van der Waals surface area contributed by atoms with E-state index < -0.39 is 11.7 Å². The van der Waals surface area contributed by atoms with Gasteiger partial charge in [0.15, 0.2) is 5.69 Å². The number of amides is 1. The molecule has 0 radical (unpaired) electrons. The van der Waals surface area contributed by atoms with E-state index in [9.17, 15) is 9.18 Å². The molecule has 1 heterocycles. The molecule has 1 amide bonds. The average Bonchev–Trinajstić information content (AvgIpc) is 2.69. The summed E-state index contributed by atoms with van der Waals surface area (Å²) in [5, 5.41) is 13.7. The Balaban J connectivity index is 1.53.